The Bertz CT molecular complexity index is 1360. The molecule has 2 unspecified atom stereocenters. The number of hydrazone groups is 2. The lowest BCUT2D eigenvalue weighted by atomic mass is 9.95. The summed E-state index contributed by atoms with van der Waals surface area (Å²) in [5.74, 6) is -4.18. The molecule has 0 spiro atoms. The minimum absolute atomic E-state index is 0.0239. The zero-order valence-corrected chi connectivity index (χ0v) is 20.5. The molecule has 0 N–H and O–H groups in total. The van der Waals surface area contributed by atoms with E-state index in [0.29, 0.717) is 32.3 Å². The molecule has 2 aliphatic rings. The number of nitrogens with zero attached hydrogens (tertiary/aromatic N) is 4. The van der Waals surface area contributed by atoms with E-state index >= 15 is 0 Å². The summed E-state index contributed by atoms with van der Waals surface area (Å²) in [7, 11) is 0. The van der Waals surface area contributed by atoms with Crippen molar-refractivity contribution in [3.05, 3.63) is 107 Å². The third kappa shape index (κ3) is 5.33. The van der Waals surface area contributed by atoms with Gasteiger partial charge in [0.1, 0.15) is 0 Å². The van der Waals surface area contributed by atoms with E-state index in [4.69, 9.17) is 0 Å². The number of rotatable bonds is 4. The van der Waals surface area contributed by atoms with Crippen LogP contribution in [-0.4, -0.2) is 45.6 Å². The van der Waals surface area contributed by atoms with Crippen LogP contribution in [0.15, 0.2) is 95.1 Å². The van der Waals surface area contributed by atoms with Gasteiger partial charge in [-0.1, -0.05) is 84.9 Å². The quantitative estimate of drug-likeness (QED) is 0.360. The molecule has 2 atom stereocenters. The van der Waals surface area contributed by atoms with E-state index in [-0.39, 0.29) is 24.3 Å². The van der Waals surface area contributed by atoms with Gasteiger partial charge in [-0.3, -0.25) is 9.59 Å². The SMILES string of the molecule is O=C(N1N=C(c2ccc(C3=NN(C(=O)C(F)(F)F)C(c4ccccc4)C3)cc2)CC1c1ccccc1)C(F)(F)F. The number of alkyl halides is 6. The van der Waals surface area contributed by atoms with Gasteiger partial charge in [0.25, 0.3) is 0 Å². The number of carbonyl (C=O) groups excluding carboxylic acids is 2. The smallest absolute Gasteiger partial charge is 0.262 e. The minimum Gasteiger partial charge on any atom is -0.262 e. The second-order valence-electron chi connectivity index (χ2n) is 9.23. The van der Waals surface area contributed by atoms with Crippen LogP contribution < -0.4 is 0 Å². The van der Waals surface area contributed by atoms with Crippen LogP contribution in [0.1, 0.15) is 47.2 Å². The lowest BCUT2D eigenvalue weighted by Crippen LogP contribution is -2.38. The summed E-state index contributed by atoms with van der Waals surface area (Å²) in [4.78, 5) is 24.3. The Morgan fingerprint density at radius 1 is 0.575 bits per heavy atom. The van der Waals surface area contributed by atoms with Crippen LogP contribution in [0.2, 0.25) is 0 Å². The fourth-order valence-electron chi connectivity index (χ4n) is 4.73. The number of hydrogen-bond donors (Lipinski definition) is 0. The molecule has 5 rings (SSSR count). The van der Waals surface area contributed by atoms with E-state index in [9.17, 15) is 35.9 Å². The first-order chi connectivity index (χ1) is 18.9. The summed E-state index contributed by atoms with van der Waals surface area (Å²) in [6, 6.07) is 20.7. The predicted molar refractivity (Wildman–Crippen MR) is 133 cm³/mol. The Morgan fingerprint density at radius 2 is 0.900 bits per heavy atom. The summed E-state index contributed by atoms with van der Waals surface area (Å²) in [6.45, 7) is 0. The maximum absolute atomic E-state index is 13.3. The topological polar surface area (TPSA) is 65.3 Å². The zero-order valence-electron chi connectivity index (χ0n) is 20.5. The first-order valence-corrected chi connectivity index (χ1v) is 12.1. The molecule has 0 aliphatic carbocycles. The Balaban J connectivity index is 1.43. The molecule has 0 aromatic heterocycles. The Labute approximate surface area is 224 Å². The molecule has 2 amide bonds. The van der Waals surface area contributed by atoms with Crippen molar-refractivity contribution < 1.29 is 35.9 Å². The van der Waals surface area contributed by atoms with Gasteiger partial charge in [-0.2, -0.15) is 36.5 Å². The second kappa shape index (κ2) is 10.2. The van der Waals surface area contributed by atoms with Crippen molar-refractivity contribution in [3.63, 3.8) is 0 Å². The summed E-state index contributed by atoms with van der Waals surface area (Å²) in [6.07, 6.45) is -10.2. The van der Waals surface area contributed by atoms with Crippen LogP contribution in [0.3, 0.4) is 0 Å². The molecular weight excluding hydrogens is 538 g/mol. The summed E-state index contributed by atoms with van der Waals surface area (Å²) in [5.41, 5.74) is 2.31. The van der Waals surface area contributed by atoms with E-state index in [0.717, 1.165) is 0 Å². The van der Waals surface area contributed by atoms with E-state index in [1.807, 2.05) is 0 Å². The average molecular weight is 558 g/mol. The van der Waals surface area contributed by atoms with Crippen LogP contribution in [0.4, 0.5) is 26.3 Å². The highest BCUT2D eigenvalue weighted by Crippen LogP contribution is 2.38. The molecule has 12 heteroatoms. The molecule has 0 saturated heterocycles. The maximum atomic E-state index is 13.3. The molecule has 0 fully saturated rings. The van der Waals surface area contributed by atoms with Gasteiger partial charge in [0.2, 0.25) is 0 Å². The molecule has 3 aromatic carbocycles. The van der Waals surface area contributed by atoms with Crippen LogP contribution >= 0.6 is 0 Å². The van der Waals surface area contributed by atoms with Crippen molar-refractivity contribution in [2.75, 3.05) is 0 Å². The van der Waals surface area contributed by atoms with Gasteiger partial charge >= 0.3 is 24.2 Å². The molecular formula is C28H20F6N4O2. The second-order valence-corrected chi connectivity index (χ2v) is 9.23. The molecule has 2 heterocycles. The summed E-state index contributed by atoms with van der Waals surface area (Å²) < 4.78 is 79.7. The van der Waals surface area contributed by atoms with Gasteiger partial charge in [-0.15, -0.1) is 0 Å². The Kier molecular flexibility index (Phi) is 6.94. The molecule has 40 heavy (non-hydrogen) atoms. The Morgan fingerprint density at radius 3 is 1.20 bits per heavy atom. The minimum atomic E-state index is -5.12. The lowest BCUT2D eigenvalue weighted by Gasteiger charge is -2.22. The van der Waals surface area contributed by atoms with Crippen molar-refractivity contribution in [3.8, 4) is 0 Å². The van der Waals surface area contributed by atoms with Gasteiger partial charge in [0.15, 0.2) is 0 Å². The fraction of sp³-hybridized carbons (Fsp3) is 0.214. The van der Waals surface area contributed by atoms with Crippen molar-refractivity contribution >= 4 is 23.2 Å². The van der Waals surface area contributed by atoms with Crippen LogP contribution in [0.25, 0.3) is 0 Å². The highest BCUT2D eigenvalue weighted by Gasteiger charge is 2.49. The van der Waals surface area contributed by atoms with Crippen molar-refractivity contribution in [2.45, 2.75) is 37.3 Å². The van der Waals surface area contributed by atoms with Crippen LogP contribution in [0, 0.1) is 0 Å². The Hall–Kier alpha value is -4.48. The number of amides is 2. The molecule has 3 aromatic rings. The average Bonchev–Trinajstić information content (AvgIpc) is 3.58. The van der Waals surface area contributed by atoms with Crippen molar-refractivity contribution in [1.82, 2.24) is 10.0 Å². The molecule has 0 saturated carbocycles. The predicted octanol–water partition coefficient (Wildman–Crippen LogP) is 6.17. The normalized spacial score (nSPS) is 19.4. The standard InChI is InChI=1S/C28H20F6N4O2/c29-27(30,31)25(39)37-23(19-7-3-1-4-8-19)15-21(35-37)17-11-13-18(14-12-17)22-16-24(20-9-5-2-6-10-20)38(36-22)26(40)28(32,33)34/h1-14,23-24H,15-16H2. The monoisotopic (exact) mass is 558 g/mol. The molecule has 0 bridgehead atoms. The van der Waals surface area contributed by atoms with Crippen LogP contribution in [-0.2, 0) is 9.59 Å². The number of carbonyl (C=O) groups is 2. The van der Waals surface area contributed by atoms with E-state index in [2.05, 4.69) is 10.2 Å². The van der Waals surface area contributed by atoms with E-state index < -0.39 is 36.3 Å². The van der Waals surface area contributed by atoms with Crippen LogP contribution in [0.5, 0.6) is 0 Å². The first-order valence-electron chi connectivity index (χ1n) is 12.1. The zero-order chi connectivity index (χ0) is 28.7. The van der Waals surface area contributed by atoms with Crippen molar-refractivity contribution in [1.29, 1.82) is 0 Å². The lowest BCUT2D eigenvalue weighted by molar-refractivity contribution is -0.187. The molecule has 206 valence electrons. The van der Waals surface area contributed by atoms with Gasteiger partial charge in [0.05, 0.1) is 23.5 Å². The van der Waals surface area contributed by atoms with E-state index in [1.165, 1.54) is 0 Å². The van der Waals surface area contributed by atoms with Gasteiger partial charge < -0.3 is 0 Å². The molecule has 0 radical (unpaired) electrons. The van der Waals surface area contributed by atoms with Gasteiger partial charge in [0, 0.05) is 12.8 Å². The maximum Gasteiger partial charge on any atom is 0.473 e. The third-order valence-corrected chi connectivity index (χ3v) is 6.64. The summed E-state index contributed by atoms with van der Waals surface area (Å²) in [5, 5.41) is 8.86. The first kappa shape index (κ1) is 27.1. The summed E-state index contributed by atoms with van der Waals surface area (Å²) >= 11 is 0. The number of halogens is 6. The van der Waals surface area contributed by atoms with Gasteiger partial charge in [-0.05, 0) is 22.3 Å². The molecule has 6 nitrogen and oxygen atoms in total. The third-order valence-electron chi connectivity index (χ3n) is 6.64. The van der Waals surface area contributed by atoms with E-state index in [1.54, 1.807) is 84.9 Å². The highest BCUT2D eigenvalue weighted by atomic mass is 19.4. The van der Waals surface area contributed by atoms with Gasteiger partial charge in [-0.25, -0.2) is 10.0 Å². The highest BCUT2D eigenvalue weighted by molar-refractivity contribution is 6.06. The fourth-order valence-corrected chi connectivity index (χ4v) is 4.73. The molecule has 2 aliphatic heterocycles. The van der Waals surface area contributed by atoms with Crippen molar-refractivity contribution in [2.24, 2.45) is 10.2 Å². The largest absolute Gasteiger partial charge is 0.473 e. The number of benzene rings is 3. The number of hydrogen-bond acceptors (Lipinski definition) is 4.